The molecule has 1 heterocycles. The monoisotopic (exact) mass is 233 g/mol. The molecule has 0 radical (unpaired) electrons. The Hall–Kier alpha value is -1.19. The third kappa shape index (κ3) is 2.31. The Labute approximate surface area is 99.6 Å². The van der Waals surface area contributed by atoms with Crippen LogP contribution in [-0.4, -0.2) is 10.1 Å². The maximum atomic E-state index is 8.96. The fourth-order valence-electron chi connectivity index (χ4n) is 1.52. The molecule has 2 nitrogen and oxygen atoms in total. The Kier molecular flexibility index (Phi) is 3.36. The van der Waals surface area contributed by atoms with Crippen LogP contribution in [0.4, 0.5) is 0 Å². The summed E-state index contributed by atoms with van der Waals surface area (Å²) < 4.78 is 0. The van der Waals surface area contributed by atoms with E-state index in [9.17, 15) is 0 Å². The number of aliphatic hydroxyl groups excluding tert-OH is 1. The van der Waals surface area contributed by atoms with Crippen LogP contribution < -0.4 is 0 Å². The second-order valence-corrected chi connectivity index (χ2v) is 4.94. The first-order valence-electron chi connectivity index (χ1n) is 5.36. The molecule has 0 aliphatic heterocycles. The van der Waals surface area contributed by atoms with Crippen molar-refractivity contribution in [2.24, 2.45) is 0 Å². The number of thiazole rings is 1. The summed E-state index contributed by atoms with van der Waals surface area (Å²) >= 11 is 1.57. The molecule has 2 aromatic rings. The highest BCUT2D eigenvalue weighted by molar-refractivity contribution is 7.13. The molecule has 0 spiro atoms. The number of hydrogen-bond acceptors (Lipinski definition) is 3. The van der Waals surface area contributed by atoms with Crippen LogP contribution in [0.15, 0.2) is 29.6 Å². The molecule has 1 aromatic carbocycles. The fraction of sp³-hybridized carbons (Fsp3) is 0.308. The SMILES string of the molecule is CC(C)c1ccc(-c2nc(CO)cs2)cc1. The van der Waals surface area contributed by atoms with Gasteiger partial charge in [-0.3, -0.25) is 0 Å². The van der Waals surface area contributed by atoms with Gasteiger partial charge in [-0.1, -0.05) is 38.1 Å². The van der Waals surface area contributed by atoms with E-state index < -0.39 is 0 Å². The van der Waals surface area contributed by atoms with Crippen LogP contribution in [-0.2, 0) is 6.61 Å². The average Bonchev–Trinajstić information content (AvgIpc) is 2.77. The third-order valence-corrected chi connectivity index (χ3v) is 3.48. The molecular formula is C13H15NOS. The Bertz CT molecular complexity index is 459. The highest BCUT2D eigenvalue weighted by Gasteiger charge is 2.05. The maximum absolute atomic E-state index is 8.96. The largest absolute Gasteiger partial charge is 0.390 e. The van der Waals surface area contributed by atoms with Crippen LogP contribution in [0.25, 0.3) is 10.6 Å². The molecule has 16 heavy (non-hydrogen) atoms. The summed E-state index contributed by atoms with van der Waals surface area (Å²) in [7, 11) is 0. The second kappa shape index (κ2) is 4.76. The first kappa shape index (κ1) is 11.3. The first-order valence-corrected chi connectivity index (χ1v) is 6.24. The topological polar surface area (TPSA) is 33.1 Å². The van der Waals surface area contributed by atoms with Crippen molar-refractivity contribution >= 4 is 11.3 Å². The summed E-state index contributed by atoms with van der Waals surface area (Å²) in [5.74, 6) is 0.554. The van der Waals surface area contributed by atoms with E-state index >= 15 is 0 Å². The van der Waals surface area contributed by atoms with Gasteiger partial charge < -0.3 is 5.11 Å². The molecule has 1 N–H and O–H groups in total. The highest BCUT2D eigenvalue weighted by atomic mass is 32.1. The Morgan fingerprint density at radius 3 is 2.44 bits per heavy atom. The lowest BCUT2D eigenvalue weighted by molar-refractivity contribution is 0.278. The van der Waals surface area contributed by atoms with Crippen molar-refractivity contribution in [3.63, 3.8) is 0 Å². The van der Waals surface area contributed by atoms with Crippen molar-refractivity contribution in [1.82, 2.24) is 4.98 Å². The van der Waals surface area contributed by atoms with Crippen LogP contribution >= 0.6 is 11.3 Å². The van der Waals surface area contributed by atoms with E-state index in [4.69, 9.17) is 5.11 Å². The normalized spacial score (nSPS) is 11.0. The molecule has 0 unspecified atom stereocenters. The molecule has 3 heteroatoms. The standard InChI is InChI=1S/C13H15NOS/c1-9(2)10-3-5-11(6-4-10)13-14-12(7-15)8-16-13/h3-6,8-9,15H,7H2,1-2H3. The van der Waals surface area contributed by atoms with E-state index in [0.717, 1.165) is 16.3 Å². The number of benzene rings is 1. The van der Waals surface area contributed by atoms with Crippen molar-refractivity contribution in [1.29, 1.82) is 0 Å². The van der Waals surface area contributed by atoms with Crippen molar-refractivity contribution in [3.8, 4) is 10.6 Å². The van der Waals surface area contributed by atoms with Gasteiger partial charge >= 0.3 is 0 Å². The number of hydrogen-bond donors (Lipinski definition) is 1. The average molecular weight is 233 g/mol. The Morgan fingerprint density at radius 2 is 1.94 bits per heavy atom. The predicted molar refractivity (Wildman–Crippen MR) is 67.6 cm³/mol. The molecule has 0 aliphatic rings. The van der Waals surface area contributed by atoms with Gasteiger partial charge in [0.1, 0.15) is 5.01 Å². The predicted octanol–water partition coefficient (Wildman–Crippen LogP) is 3.43. The smallest absolute Gasteiger partial charge is 0.123 e. The molecule has 1 aromatic heterocycles. The van der Waals surface area contributed by atoms with E-state index in [2.05, 4.69) is 43.1 Å². The van der Waals surface area contributed by atoms with E-state index in [1.165, 1.54) is 5.56 Å². The number of aliphatic hydroxyl groups is 1. The Morgan fingerprint density at radius 1 is 1.25 bits per heavy atom. The van der Waals surface area contributed by atoms with Gasteiger partial charge in [0.25, 0.3) is 0 Å². The molecule has 0 saturated heterocycles. The fourth-order valence-corrected chi connectivity index (χ4v) is 2.34. The Balaban J connectivity index is 2.27. The summed E-state index contributed by atoms with van der Waals surface area (Å²) in [6.07, 6.45) is 0. The van der Waals surface area contributed by atoms with Crippen molar-refractivity contribution in [3.05, 3.63) is 40.9 Å². The lowest BCUT2D eigenvalue weighted by Gasteiger charge is -2.05. The molecule has 0 amide bonds. The van der Waals surface area contributed by atoms with Gasteiger partial charge in [0, 0.05) is 10.9 Å². The minimum atomic E-state index is 0.0145. The molecular weight excluding hydrogens is 218 g/mol. The van der Waals surface area contributed by atoms with Crippen molar-refractivity contribution in [2.75, 3.05) is 0 Å². The summed E-state index contributed by atoms with van der Waals surface area (Å²) in [4.78, 5) is 4.34. The van der Waals surface area contributed by atoms with Crippen LogP contribution in [0.5, 0.6) is 0 Å². The summed E-state index contributed by atoms with van der Waals surface area (Å²) in [6.45, 7) is 4.38. The van der Waals surface area contributed by atoms with Gasteiger partial charge in [-0.05, 0) is 11.5 Å². The molecule has 0 bridgehead atoms. The summed E-state index contributed by atoms with van der Waals surface area (Å²) in [5.41, 5.74) is 3.20. The third-order valence-electron chi connectivity index (χ3n) is 2.54. The second-order valence-electron chi connectivity index (χ2n) is 4.08. The molecule has 2 rings (SSSR count). The zero-order valence-electron chi connectivity index (χ0n) is 9.47. The minimum absolute atomic E-state index is 0.0145. The summed E-state index contributed by atoms with van der Waals surface area (Å²) in [5, 5.41) is 11.8. The van der Waals surface area contributed by atoms with Gasteiger partial charge in [0.2, 0.25) is 0 Å². The van der Waals surface area contributed by atoms with Crippen LogP contribution in [0.3, 0.4) is 0 Å². The van der Waals surface area contributed by atoms with Gasteiger partial charge in [-0.2, -0.15) is 0 Å². The van der Waals surface area contributed by atoms with Crippen LogP contribution in [0.1, 0.15) is 31.0 Å². The van der Waals surface area contributed by atoms with Gasteiger partial charge in [-0.25, -0.2) is 4.98 Å². The number of nitrogens with zero attached hydrogens (tertiary/aromatic N) is 1. The van der Waals surface area contributed by atoms with Crippen molar-refractivity contribution in [2.45, 2.75) is 26.4 Å². The molecule has 0 atom stereocenters. The zero-order chi connectivity index (χ0) is 11.5. The summed E-state index contributed by atoms with van der Waals surface area (Å²) in [6, 6.07) is 8.46. The van der Waals surface area contributed by atoms with Gasteiger partial charge in [0.15, 0.2) is 0 Å². The van der Waals surface area contributed by atoms with Gasteiger partial charge in [0.05, 0.1) is 12.3 Å². The zero-order valence-corrected chi connectivity index (χ0v) is 10.3. The first-order chi connectivity index (χ1) is 7.70. The van der Waals surface area contributed by atoms with E-state index in [-0.39, 0.29) is 6.61 Å². The molecule has 0 aliphatic carbocycles. The van der Waals surface area contributed by atoms with E-state index in [1.807, 2.05) is 5.38 Å². The van der Waals surface area contributed by atoms with Crippen molar-refractivity contribution < 1.29 is 5.11 Å². The molecule has 0 saturated carbocycles. The number of aromatic nitrogens is 1. The lowest BCUT2D eigenvalue weighted by atomic mass is 10.0. The van der Waals surface area contributed by atoms with Crippen LogP contribution in [0, 0.1) is 0 Å². The highest BCUT2D eigenvalue weighted by Crippen LogP contribution is 2.25. The minimum Gasteiger partial charge on any atom is -0.390 e. The quantitative estimate of drug-likeness (QED) is 0.881. The lowest BCUT2D eigenvalue weighted by Crippen LogP contribution is -1.87. The molecule has 0 fully saturated rings. The number of rotatable bonds is 3. The van der Waals surface area contributed by atoms with Gasteiger partial charge in [-0.15, -0.1) is 11.3 Å². The molecule has 84 valence electrons. The van der Waals surface area contributed by atoms with E-state index in [0.29, 0.717) is 5.92 Å². The van der Waals surface area contributed by atoms with E-state index in [1.54, 1.807) is 11.3 Å². The van der Waals surface area contributed by atoms with Crippen LogP contribution in [0.2, 0.25) is 0 Å². The maximum Gasteiger partial charge on any atom is 0.123 e.